The summed E-state index contributed by atoms with van der Waals surface area (Å²) in [6.45, 7) is 1.62. The first-order valence-electron chi connectivity index (χ1n) is 8.72. The first-order chi connectivity index (χ1) is 14.1. The van der Waals surface area contributed by atoms with Gasteiger partial charge >= 0.3 is 0 Å². The number of hydrogen-bond acceptors (Lipinski definition) is 8. The molecule has 1 N–H and O–H groups in total. The van der Waals surface area contributed by atoms with Crippen LogP contribution in [0.25, 0.3) is 11.3 Å². The molecule has 3 aromatic rings. The molecule has 0 bridgehead atoms. The van der Waals surface area contributed by atoms with E-state index in [1.165, 1.54) is 14.2 Å². The SMILES string of the molecule is COc1ccc(-c2nonc2NC(=O)C(C)Oc2ccccc2OC)cc1OC. The van der Waals surface area contributed by atoms with Crippen LogP contribution in [0.15, 0.2) is 47.1 Å². The molecule has 3 rings (SSSR count). The van der Waals surface area contributed by atoms with Gasteiger partial charge in [0.15, 0.2) is 34.8 Å². The van der Waals surface area contributed by atoms with E-state index in [0.29, 0.717) is 34.3 Å². The summed E-state index contributed by atoms with van der Waals surface area (Å²) < 4.78 is 26.3. The maximum absolute atomic E-state index is 12.6. The minimum Gasteiger partial charge on any atom is -0.493 e. The molecule has 1 heterocycles. The van der Waals surface area contributed by atoms with E-state index in [9.17, 15) is 4.79 Å². The number of ether oxygens (including phenoxy) is 4. The predicted molar refractivity (Wildman–Crippen MR) is 105 cm³/mol. The van der Waals surface area contributed by atoms with Crippen LogP contribution in [0.1, 0.15) is 6.92 Å². The van der Waals surface area contributed by atoms with E-state index in [4.69, 9.17) is 23.6 Å². The molecule has 0 saturated carbocycles. The van der Waals surface area contributed by atoms with Crippen molar-refractivity contribution in [1.82, 2.24) is 10.3 Å². The maximum Gasteiger partial charge on any atom is 0.266 e. The molecule has 1 amide bonds. The minimum atomic E-state index is -0.818. The Morgan fingerprint density at radius 3 is 2.28 bits per heavy atom. The minimum absolute atomic E-state index is 0.165. The van der Waals surface area contributed by atoms with Crippen LogP contribution in [0.5, 0.6) is 23.0 Å². The molecule has 0 fully saturated rings. The second kappa shape index (κ2) is 8.96. The first kappa shape index (κ1) is 20.0. The summed E-state index contributed by atoms with van der Waals surface area (Å²) in [7, 11) is 4.61. The van der Waals surface area contributed by atoms with Crippen molar-refractivity contribution in [1.29, 1.82) is 0 Å². The molecule has 1 aromatic heterocycles. The van der Waals surface area contributed by atoms with Gasteiger partial charge in [-0.25, -0.2) is 4.63 Å². The van der Waals surface area contributed by atoms with Gasteiger partial charge in [0.25, 0.3) is 5.91 Å². The Morgan fingerprint density at radius 2 is 1.59 bits per heavy atom. The zero-order valence-electron chi connectivity index (χ0n) is 16.5. The topological polar surface area (TPSA) is 105 Å². The van der Waals surface area contributed by atoms with Crippen molar-refractivity contribution in [2.45, 2.75) is 13.0 Å². The van der Waals surface area contributed by atoms with Gasteiger partial charge in [0.1, 0.15) is 0 Å². The Kier molecular flexibility index (Phi) is 6.18. The summed E-state index contributed by atoms with van der Waals surface area (Å²) in [5, 5.41) is 10.3. The van der Waals surface area contributed by atoms with Gasteiger partial charge < -0.3 is 24.3 Å². The van der Waals surface area contributed by atoms with Crippen molar-refractivity contribution in [3.63, 3.8) is 0 Å². The molecule has 9 heteroatoms. The molecule has 152 valence electrons. The van der Waals surface area contributed by atoms with Crippen LogP contribution in [0.2, 0.25) is 0 Å². The Morgan fingerprint density at radius 1 is 0.931 bits per heavy atom. The Bertz CT molecular complexity index is 988. The van der Waals surface area contributed by atoms with Crippen LogP contribution in [0, 0.1) is 0 Å². The number of para-hydroxylation sites is 2. The lowest BCUT2D eigenvalue weighted by Crippen LogP contribution is -2.30. The van der Waals surface area contributed by atoms with Gasteiger partial charge in [-0.05, 0) is 47.6 Å². The Balaban J connectivity index is 1.76. The monoisotopic (exact) mass is 399 g/mol. The Hall–Kier alpha value is -3.75. The molecule has 1 unspecified atom stereocenters. The van der Waals surface area contributed by atoms with E-state index >= 15 is 0 Å². The highest BCUT2D eigenvalue weighted by Gasteiger charge is 2.22. The zero-order valence-corrected chi connectivity index (χ0v) is 16.5. The molecule has 0 radical (unpaired) electrons. The van der Waals surface area contributed by atoms with E-state index in [0.717, 1.165) is 0 Å². The molecule has 29 heavy (non-hydrogen) atoms. The number of carbonyl (C=O) groups excluding carboxylic acids is 1. The number of anilines is 1. The molecule has 0 aliphatic rings. The van der Waals surface area contributed by atoms with Crippen LogP contribution in [0.4, 0.5) is 5.82 Å². The van der Waals surface area contributed by atoms with E-state index < -0.39 is 12.0 Å². The molecule has 0 aliphatic heterocycles. The first-order valence-corrected chi connectivity index (χ1v) is 8.72. The normalized spacial score (nSPS) is 11.4. The fourth-order valence-corrected chi connectivity index (χ4v) is 2.62. The fourth-order valence-electron chi connectivity index (χ4n) is 2.62. The largest absolute Gasteiger partial charge is 0.493 e. The molecular formula is C20H21N3O6. The van der Waals surface area contributed by atoms with E-state index in [1.807, 2.05) is 6.07 Å². The van der Waals surface area contributed by atoms with Crippen molar-refractivity contribution < 1.29 is 28.4 Å². The predicted octanol–water partition coefficient (Wildman–Crippen LogP) is 3.17. The van der Waals surface area contributed by atoms with E-state index in [1.54, 1.807) is 50.4 Å². The summed E-state index contributed by atoms with van der Waals surface area (Å²) in [4.78, 5) is 12.6. The van der Waals surface area contributed by atoms with E-state index in [2.05, 4.69) is 15.6 Å². The highest BCUT2D eigenvalue weighted by Crippen LogP contribution is 2.34. The van der Waals surface area contributed by atoms with Crippen LogP contribution in [-0.4, -0.2) is 43.7 Å². The molecule has 0 saturated heterocycles. The number of methoxy groups -OCH3 is 3. The third-order valence-electron chi connectivity index (χ3n) is 4.13. The fraction of sp³-hybridized carbons (Fsp3) is 0.250. The van der Waals surface area contributed by atoms with Gasteiger partial charge in [-0.2, -0.15) is 0 Å². The number of hydrogen-bond donors (Lipinski definition) is 1. The number of carbonyl (C=O) groups is 1. The smallest absolute Gasteiger partial charge is 0.266 e. The summed E-state index contributed by atoms with van der Waals surface area (Å²) in [5.41, 5.74) is 0.987. The molecule has 9 nitrogen and oxygen atoms in total. The molecule has 2 aromatic carbocycles. The molecular weight excluding hydrogens is 378 g/mol. The number of nitrogens with one attached hydrogen (secondary N) is 1. The van der Waals surface area contributed by atoms with Gasteiger partial charge in [-0.3, -0.25) is 4.79 Å². The maximum atomic E-state index is 12.6. The average Bonchev–Trinajstić information content (AvgIpc) is 3.21. The highest BCUT2D eigenvalue weighted by molar-refractivity contribution is 5.96. The van der Waals surface area contributed by atoms with Crippen LogP contribution < -0.4 is 24.3 Å². The molecule has 1 atom stereocenters. The van der Waals surface area contributed by atoms with Crippen molar-refractivity contribution in [2.75, 3.05) is 26.6 Å². The van der Waals surface area contributed by atoms with Gasteiger partial charge in [0.05, 0.1) is 21.3 Å². The highest BCUT2D eigenvalue weighted by atomic mass is 16.6. The van der Waals surface area contributed by atoms with Crippen molar-refractivity contribution in [2.24, 2.45) is 0 Å². The standard InChI is InChI=1S/C20H21N3O6/c1-12(28-16-8-6-5-7-14(16)25-2)20(24)21-19-18(22-29-23-19)13-9-10-15(26-3)17(11-13)27-4/h5-12H,1-4H3,(H,21,23,24). The third kappa shape index (κ3) is 4.40. The van der Waals surface area contributed by atoms with Gasteiger partial charge in [0.2, 0.25) is 5.82 Å². The van der Waals surface area contributed by atoms with Crippen LogP contribution in [0.3, 0.4) is 0 Å². The van der Waals surface area contributed by atoms with Gasteiger partial charge in [0, 0.05) is 5.56 Å². The van der Waals surface area contributed by atoms with Crippen molar-refractivity contribution >= 4 is 11.7 Å². The quantitative estimate of drug-likeness (QED) is 0.616. The number of amides is 1. The van der Waals surface area contributed by atoms with Crippen molar-refractivity contribution in [3.8, 4) is 34.3 Å². The van der Waals surface area contributed by atoms with Crippen molar-refractivity contribution in [3.05, 3.63) is 42.5 Å². The summed E-state index contributed by atoms with van der Waals surface area (Å²) in [6, 6.07) is 12.3. The van der Waals surface area contributed by atoms with Crippen LogP contribution in [-0.2, 0) is 4.79 Å². The lowest BCUT2D eigenvalue weighted by atomic mass is 10.1. The number of aromatic nitrogens is 2. The lowest BCUT2D eigenvalue weighted by Gasteiger charge is -2.16. The second-order valence-corrected chi connectivity index (χ2v) is 5.93. The summed E-state index contributed by atoms with van der Waals surface area (Å²) in [5.74, 6) is 1.80. The number of benzene rings is 2. The van der Waals surface area contributed by atoms with Gasteiger partial charge in [-0.15, -0.1) is 0 Å². The lowest BCUT2D eigenvalue weighted by molar-refractivity contribution is -0.122. The van der Waals surface area contributed by atoms with E-state index in [-0.39, 0.29) is 5.82 Å². The second-order valence-electron chi connectivity index (χ2n) is 5.93. The third-order valence-corrected chi connectivity index (χ3v) is 4.13. The molecule has 0 aliphatic carbocycles. The summed E-state index contributed by atoms with van der Waals surface area (Å²) >= 11 is 0. The average molecular weight is 399 g/mol. The summed E-state index contributed by atoms with van der Waals surface area (Å²) in [6.07, 6.45) is -0.818. The molecule has 0 spiro atoms. The Labute approximate surface area is 167 Å². The van der Waals surface area contributed by atoms with Crippen LogP contribution >= 0.6 is 0 Å². The zero-order chi connectivity index (χ0) is 20.8. The number of rotatable bonds is 8. The number of nitrogens with zero attached hydrogens (tertiary/aromatic N) is 2. The van der Waals surface area contributed by atoms with Gasteiger partial charge in [-0.1, -0.05) is 12.1 Å².